The van der Waals surface area contributed by atoms with Gasteiger partial charge in [-0.05, 0) is 37.1 Å². The van der Waals surface area contributed by atoms with Crippen molar-refractivity contribution in [3.05, 3.63) is 69.6 Å². The summed E-state index contributed by atoms with van der Waals surface area (Å²) in [6.07, 6.45) is 3.35. The molecule has 3 aliphatic rings. The normalized spacial score (nSPS) is 18.5. The van der Waals surface area contributed by atoms with Crippen LogP contribution in [0.15, 0.2) is 48.5 Å². The van der Waals surface area contributed by atoms with Crippen LogP contribution in [0.25, 0.3) is 0 Å². The topological polar surface area (TPSA) is 76.2 Å². The molecule has 3 heterocycles. The first-order valence-corrected chi connectivity index (χ1v) is 14.6. The molecule has 192 valence electrons. The number of hydrogen-bond donors (Lipinski definition) is 0. The molecule has 2 aromatic rings. The van der Waals surface area contributed by atoms with Crippen molar-refractivity contribution in [1.29, 1.82) is 0 Å². The Morgan fingerprint density at radius 3 is 1.54 bits per heavy atom. The number of hydrogen-bond acceptors (Lipinski definition) is 7. The molecule has 2 atom stereocenters. The molecule has 0 saturated carbocycles. The van der Waals surface area contributed by atoms with Crippen molar-refractivity contribution in [1.82, 2.24) is 0 Å². The number of ether oxygens (including phenoxy) is 2. The molecule has 2 aromatic carbocycles. The minimum atomic E-state index is -0.265. The fraction of sp³-hybridized carbons (Fsp3) is 0.500. The first kappa shape index (κ1) is 29.3. The fourth-order valence-electron chi connectivity index (χ4n) is 4.71. The van der Waals surface area contributed by atoms with Gasteiger partial charge in [-0.25, -0.2) is 0 Å². The highest BCUT2D eigenvalue weighted by Gasteiger charge is 2.39. The Morgan fingerprint density at radius 1 is 0.714 bits per heavy atom. The Balaban J connectivity index is 0.000000220. The average Bonchev–Trinajstić information content (AvgIpc) is 3.37. The molecular weight excluding hydrogens is 482 g/mol. The van der Waals surface area contributed by atoms with Gasteiger partial charge in [0.2, 0.25) is 0 Å². The molecule has 0 aliphatic carbocycles. The molecule has 0 amide bonds. The van der Waals surface area contributed by atoms with E-state index in [1.54, 1.807) is 0 Å². The zero-order valence-corrected chi connectivity index (χ0v) is 23.1. The lowest BCUT2D eigenvalue weighted by molar-refractivity contribution is -0.169. The third kappa shape index (κ3) is 8.32. The van der Waals surface area contributed by atoms with Crippen molar-refractivity contribution >= 4 is 35.0 Å². The first-order chi connectivity index (χ1) is 17.1. The first-order valence-electron chi connectivity index (χ1n) is 12.0. The number of piperidine rings is 2. The Labute approximate surface area is 213 Å². The third-order valence-corrected chi connectivity index (χ3v) is 6.57. The van der Waals surface area contributed by atoms with Gasteiger partial charge in [0.25, 0.3) is 0 Å². The van der Waals surface area contributed by atoms with Gasteiger partial charge in [0.05, 0.1) is 13.2 Å². The lowest BCUT2D eigenvalue weighted by atomic mass is 10.0. The molecule has 3 fully saturated rings. The van der Waals surface area contributed by atoms with Gasteiger partial charge in [0.15, 0.2) is 5.79 Å². The van der Waals surface area contributed by atoms with E-state index in [1.165, 1.54) is 22.5 Å². The van der Waals surface area contributed by atoms with Crippen LogP contribution in [-0.2, 0) is 14.3 Å². The van der Waals surface area contributed by atoms with Crippen LogP contribution in [0, 0.1) is 23.8 Å². The predicted molar refractivity (Wildman–Crippen MR) is 151 cm³/mol. The summed E-state index contributed by atoms with van der Waals surface area (Å²) in [6.45, 7) is 9.59. The van der Waals surface area contributed by atoms with E-state index in [4.69, 9.17) is 19.4 Å². The molecule has 0 radical (unpaired) electrons. The lowest BCUT2D eigenvalue weighted by Gasteiger charge is -2.39. The van der Waals surface area contributed by atoms with E-state index < -0.39 is 0 Å². The maximum atomic E-state index is 11.1. The highest BCUT2D eigenvalue weighted by atomic mass is 32.0. The second kappa shape index (κ2) is 15.3. The highest BCUT2D eigenvalue weighted by molar-refractivity contribution is 7.92. The van der Waals surface area contributed by atoms with Crippen LogP contribution in [0.1, 0.15) is 36.8 Å². The van der Waals surface area contributed by atoms with Crippen molar-refractivity contribution in [2.75, 3.05) is 49.2 Å². The summed E-state index contributed by atoms with van der Waals surface area (Å²) in [4.78, 5) is 29.8. The monoisotopic (exact) mass is 520 g/mol. The number of anilines is 2. The largest absolute Gasteiger partial charge is 0.371 e. The van der Waals surface area contributed by atoms with Gasteiger partial charge in [-0.3, -0.25) is 4.79 Å². The molecule has 1 spiro atoms. The smallest absolute Gasteiger partial charge is 0.171 e. The van der Waals surface area contributed by atoms with E-state index in [9.17, 15) is 4.79 Å². The van der Waals surface area contributed by atoms with Crippen LogP contribution in [0.5, 0.6) is 0 Å². The number of benzene rings is 2. The molecule has 5 rings (SSSR count). The van der Waals surface area contributed by atoms with Crippen LogP contribution in [0.2, 0.25) is 0 Å². The van der Waals surface area contributed by atoms with Gasteiger partial charge in [-0.1, -0.05) is 36.4 Å². The van der Waals surface area contributed by atoms with Crippen molar-refractivity contribution in [3.8, 4) is 0 Å². The van der Waals surface area contributed by atoms with Gasteiger partial charge in [-0.15, -0.1) is 17.9 Å². The van der Waals surface area contributed by atoms with Gasteiger partial charge < -0.3 is 19.3 Å². The maximum absolute atomic E-state index is 11.1. The van der Waals surface area contributed by atoms with E-state index in [1.807, 2.05) is 6.07 Å². The van der Waals surface area contributed by atoms with Crippen molar-refractivity contribution in [3.63, 3.8) is 0 Å². The van der Waals surface area contributed by atoms with E-state index in [2.05, 4.69) is 84.0 Å². The number of Topliss-reactive ketones (excluding diaryl/α,β-unsaturated/α-hetero) is 1. The van der Waals surface area contributed by atoms with Crippen LogP contribution in [-0.4, -0.2) is 51.0 Å². The standard InChI is InChI=1S/C14H19NO2.C12H15NO.O2.H4P2/c1-12-4-2-3-5-13(12)15-8-6-14(7-9-15)16-10-11-17-14;1-10-4-2-3-5-12(10)13-8-6-11(14)7-9-13;2*1-2/h2-5H,6-11H2,1H3;2-5H,6-9H2,1H3;;1-2H2. The molecule has 2 unspecified atom stereocenters. The molecule has 0 bridgehead atoms. The lowest BCUT2D eigenvalue weighted by Crippen LogP contribution is -2.45. The van der Waals surface area contributed by atoms with Crippen LogP contribution in [0.4, 0.5) is 11.4 Å². The number of ketones is 1. The van der Waals surface area contributed by atoms with E-state index in [-0.39, 0.29) is 5.79 Å². The minimum Gasteiger partial charge on any atom is -0.371 e. The highest BCUT2D eigenvalue weighted by Crippen LogP contribution is 2.34. The second-order valence-electron chi connectivity index (χ2n) is 8.69. The molecular formula is C26H38N2O5P2. The van der Waals surface area contributed by atoms with Crippen molar-refractivity contribution in [2.24, 2.45) is 0 Å². The number of nitrogens with zero attached hydrogens (tertiary/aromatic N) is 2. The van der Waals surface area contributed by atoms with Crippen LogP contribution in [0.3, 0.4) is 0 Å². The molecule has 3 saturated heterocycles. The number of rotatable bonds is 2. The van der Waals surface area contributed by atoms with Gasteiger partial charge >= 0.3 is 0 Å². The zero-order valence-electron chi connectivity index (χ0n) is 20.8. The van der Waals surface area contributed by atoms with Gasteiger partial charge in [-0.2, -0.15) is 0 Å². The maximum Gasteiger partial charge on any atom is 0.171 e. The summed E-state index contributed by atoms with van der Waals surface area (Å²) < 4.78 is 11.5. The summed E-state index contributed by atoms with van der Waals surface area (Å²) in [5.74, 6) is 0.133. The van der Waals surface area contributed by atoms with Gasteiger partial charge in [0, 0.05) is 73.2 Å². The second-order valence-corrected chi connectivity index (χ2v) is 8.69. The molecule has 35 heavy (non-hydrogen) atoms. The van der Waals surface area contributed by atoms with E-state index >= 15 is 0 Å². The quantitative estimate of drug-likeness (QED) is 0.503. The van der Waals surface area contributed by atoms with E-state index in [0.717, 1.165) is 52.2 Å². The molecule has 0 aromatic heterocycles. The summed E-state index contributed by atoms with van der Waals surface area (Å²) in [7, 11) is 4.67. The molecule has 9 heteroatoms. The molecule has 7 nitrogen and oxygen atoms in total. The fourth-order valence-corrected chi connectivity index (χ4v) is 4.71. The Morgan fingerprint density at radius 2 is 1.11 bits per heavy atom. The SMILES string of the molecule is Cc1ccccc1N1CCC(=O)CC1.Cc1ccccc1N1CCC2(CC1)OCCO2.O=O.PP. The van der Waals surface area contributed by atoms with Crippen molar-refractivity contribution in [2.45, 2.75) is 45.3 Å². The molecule has 0 N–H and O–H groups in total. The third-order valence-electron chi connectivity index (χ3n) is 6.57. The predicted octanol–water partition coefficient (Wildman–Crippen LogP) is 5.22. The Bertz CT molecular complexity index is 904. The Kier molecular flexibility index (Phi) is 12.8. The summed E-state index contributed by atoms with van der Waals surface area (Å²) in [6, 6.07) is 16.9. The van der Waals surface area contributed by atoms with E-state index in [0.29, 0.717) is 18.6 Å². The van der Waals surface area contributed by atoms with Gasteiger partial charge in [0.1, 0.15) is 5.78 Å². The zero-order chi connectivity index (χ0) is 25.7. The number of carbonyl (C=O) groups is 1. The number of para-hydroxylation sites is 2. The summed E-state index contributed by atoms with van der Waals surface area (Å²) in [5, 5.41) is 0. The Hall–Kier alpha value is -1.91. The number of carbonyl (C=O) groups excluding carboxylic acids is 1. The summed E-state index contributed by atoms with van der Waals surface area (Å²) >= 11 is 0. The van der Waals surface area contributed by atoms with Crippen LogP contribution < -0.4 is 9.80 Å². The average molecular weight is 521 g/mol. The summed E-state index contributed by atoms with van der Waals surface area (Å²) in [5.41, 5.74) is 5.26. The van der Waals surface area contributed by atoms with Crippen LogP contribution >= 0.6 is 17.9 Å². The minimum absolute atomic E-state index is 0.265. The van der Waals surface area contributed by atoms with Crippen molar-refractivity contribution < 1.29 is 14.3 Å². The molecule has 3 aliphatic heterocycles. The number of aryl methyl sites for hydroxylation is 2.